The van der Waals surface area contributed by atoms with Crippen molar-refractivity contribution in [1.82, 2.24) is 0 Å². The minimum Gasteiger partial charge on any atom is -0.294 e. The van der Waals surface area contributed by atoms with Gasteiger partial charge in [0.05, 0.1) is 5.56 Å². The molecular weight excluding hydrogens is 155 g/mol. The van der Waals surface area contributed by atoms with E-state index in [-0.39, 0.29) is 11.3 Å². The number of hydrogen-bond donors (Lipinski definition) is 0. The Kier molecular flexibility index (Phi) is 2.27. The quantitative estimate of drug-likeness (QED) is 0.586. The summed E-state index contributed by atoms with van der Waals surface area (Å²) >= 11 is 0. The molecule has 0 fully saturated rings. The molecule has 0 aliphatic rings. The van der Waals surface area contributed by atoms with Gasteiger partial charge in [0, 0.05) is 0 Å². The van der Waals surface area contributed by atoms with Gasteiger partial charge in [-0.2, -0.15) is 0 Å². The van der Waals surface area contributed by atoms with Crippen molar-refractivity contribution < 1.29 is 9.18 Å². The Hall–Kier alpha value is -1.18. The number of carbonyl (C=O) groups is 1. The standard InChI is InChI=1S/C10H11FO/c1-6-4-9(8(3)12)10(11)5-7(6)2/h4-5H,1-3H3. The average molecular weight is 166 g/mol. The summed E-state index contributed by atoms with van der Waals surface area (Å²) in [6.07, 6.45) is 0. The lowest BCUT2D eigenvalue weighted by Gasteiger charge is -2.03. The predicted octanol–water partition coefficient (Wildman–Crippen LogP) is 2.65. The number of aryl methyl sites for hydroxylation is 2. The number of carbonyl (C=O) groups excluding carboxylic acids is 1. The van der Waals surface area contributed by atoms with Gasteiger partial charge in [0.25, 0.3) is 0 Å². The molecule has 1 nitrogen and oxygen atoms in total. The zero-order chi connectivity index (χ0) is 9.30. The highest BCUT2D eigenvalue weighted by molar-refractivity contribution is 5.94. The average Bonchev–Trinajstić information content (AvgIpc) is 1.96. The Balaban J connectivity index is 3.33. The van der Waals surface area contributed by atoms with Crippen LogP contribution < -0.4 is 0 Å². The number of ketones is 1. The molecule has 2 heteroatoms. The van der Waals surface area contributed by atoms with Crippen LogP contribution in [-0.2, 0) is 0 Å². The normalized spacial score (nSPS) is 10.0. The molecule has 0 aliphatic heterocycles. The summed E-state index contributed by atoms with van der Waals surface area (Å²) in [5, 5.41) is 0. The SMILES string of the molecule is CC(=O)c1cc(C)c(C)cc1F. The van der Waals surface area contributed by atoms with Crippen LogP contribution in [0, 0.1) is 19.7 Å². The first kappa shape index (κ1) is 8.91. The fourth-order valence-corrected chi connectivity index (χ4v) is 1.05. The van der Waals surface area contributed by atoms with E-state index in [2.05, 4.69) is 0 Å². The van der Waals surface area contributed by atoms with E-state index in [4.69, 9.17) is 0 Å². The number of Topliss-reactive ketones (excluding diaryl/α,β-unsaturated/α-hetero) is 1. The minimum absolute atomic E-state index is 0.179. The van der Waals surface area contributed by atoms with Crippen molar-refractivity contribution in [2.45, 2.75) is 20.8 Å². The predicted molar refractivity (Wildman–Crippen MR) is 45.9 cm³/mol. The Morgan fingerprint density at radius 3 is 2.25 bits per heavy atom. The Morgan fingerprint density at radius 1 is 1.25 bits per heavy atom. The van der Waals surface area contributed by atoms with E-state index in [1.807, 2.05) is 13.8 Å². The van der Waals surface area contributed by atoms with Crippen molar-refractivity contribution in [3.8, 4) is 0 Å². The van der Waals surface area contributed by atoms with Gasteiger partial charge in [0.1, 0.15) is 5.82 Å². The molecule has 0 unspecified atom stereocenters. The molecule has 0 aromatic heterocycles. The van der Waals surface area contributed by atoms with Gasteiger partial charge < -0.3 is 0 Å². The first-order valence-corrected chi connectivity index (χ1v) is 3.80. The molecule has 0 heterocycles. The van der Waals surface area contributed by atoms with E-state index in [9.17, 15) is 9.18 Å². The number of benzene rings is 1. The van der Waals surface area contributed by atoms with Crippen molar-refractivity contribution in [1.29, 1.82) is 0 Å². The van der Waals surface area contributed by atoms with E-state index in [1.54, 1.807) is 6.07 Å². The summed E-state index contributed by atoms with van der Waals surface area (Å²) in [4.78, 5) is 10.9. The lowest BCUT2D eigenvalue weighted by molar-refractivity contribution is 0.101. The summed E-state index contributed by atoms with van der Waals surface area (Å²) in [6, 6.07) is 2.99. The number of hydrogen-bond acceptors (Lipinski definition) is 1. The maximum Gasteiger partial charge on any atom is 0.162 e. The van der Waals surface area contributed by atoms with Gasteiger partial charge >= 0.3 is 0 Å². The second-order valence-electron chi connectivity index (χ2n) is 2.97. The molecule has 0 radical (unpaired) electrons. The zero-order valence-corrected chi connectivity index (χ0v) is 7.44. The number of halogens is 1. The second-order valence-corrected chi connectivity index (χ2v) is 2.97. The Labute approximate surface area is 71.2 Å². The molecule has 0 amide bonds. The second kappa shape index (κ2) is 3.05. The molecule has 0 N–H and O–H groups in total. The van der Waals surface area contributed by atoms with Crippen LogP contribution in [0.2, 0.25) is 0 Å². The van der Waals surface area contributed by atoms with E-state index >= 15 is 0 Å². The molecule has 0 saturated heterocycles. The van der Waals surface area contributed by atoms with Crippen LogP contribution in [0.3, 0.4) is 0 Å². The minimum atomic E-state index is -0.425. The molecule has 12 heavy (non-hydrogen) atoms. The van der Waals surface area contributed by atoms with Gasteiger partial charge in [0.2, 0.25) is 0 Å². The van der Waals surface area contributed by atoms with Crippen molar-refractivity contribution in [3.05, 3.63) is 34.6 Å². The molecule has 64 valence electrons. The fraction of sp³-hybridized carbons (Fsp3) is 0.300. The molecule has 1 rings (SSSR count). The van der Waals surface area contributed by atoms with Gasteiger partial charge in [-0.1, -0.05) is 0 Å². The van der Waals surface area contributed by atoms with Crippen LogP contribution in [0.5, 0.6) is 0 Å². The third-order valence-corrected chi connectivity index (χ3v) is 1.96. The van der Waals surface area contributed by atoms with E-state index in [0.29, 0.717) is 0 Å². The van der Waals surface area contributed by atoms with Gasteiger partial charge in [-0.15, -0.1) is 0 Å². The highest BCUT2D eigenvalue weighted by Crippen LogP contribution is 2.14. The lowest BCUT2D eigenvalue weighted by atomic mass is 10.0. The van der Waals surface area contributed by atoms with Crippen LogP contribution in [0.15, 0.2) is 12.1 Å². The van der Waals surface area contributed by atoms with Crippen LogP contribution in [0.25, 0.3) is 0 Å². The number of rotatable bonds is 1. The third-order valence-electron chi connectivity index (χ3n) is 1.96. The molecule has 1 aromatic carbocycles. The summed E-state index contributed by atoms with van der Waals surface area (Å²) in [6.45, 7) is 5.05. The summed E-state index contributed by atoms with van der Waals surface area (Å²) in [7, 11) is 0. The first-order valence-electron chi connectivity index (χ1n) is 3.80. The zero-order valence-electron chi connectivity index (χ0n) is 7.44. The third kappa shape index (κ3) is 1.52. The molecule has 1 aromatic rings. The maximum absolute atomic E-state index is 13.1. The Morgan fingerprint density at radius 2 is 1.75 bits per heavy atom. The van der Waals surface area contributed by atoms with Crippen LogP contribution in [-0.4, -0.2) is 5.78 Å². The van der Waals surface area contributed by atoms with E-state index in [0.717, 1.165) is 11.1 Å². The summed E-state index contributed by atoms with van der Waals surface area (Å²) in [5.74, 6) is -0.652. The van der Waals surface area contributed by atoms with Gasteiger partial charge in [-0.3, -0.25) is 4.79 Å². The van der Waals surface area contributed by atoms with Gasteiger partial charge in [-0.25, -0.2) is 4.39 Å². The topological polar surface area (TPSA) is 17.1 Å². The monoisotopic (exact) mass is 166 g/mol. The van der Waals surface area contributed by atoms with Gasteiger partial charge in [0.15, 0.2) is 5.78 Å². The fourth-order valence-electron chi connectivity index (χ4n) is 1.05. The molecule has 0 atom stereocenters. The van der Waals surface area contributed by atoms with Crippen molar-refractivity contribution >= 4 is 5.78 Å². The lowest BCUT2D eigenvalue weighted by Crippen LogP contribution is -1.98. The Bertz CT molecular complexity index is 329. The molecule has 0 saturated carbocycles. The molecular formula is C10H11FO. The summed E-state index contributed by atoms with van der Waals surface area (Å²) in [5.41, 5.74) is 2.00. The van der Waals surface area contributed by atoms with Crippen LogP contribution >= 0.6 is 0 Å². The van der Waals surface area contributed by atoms with Crippen LogP contribution in [0.4, 0.5) is 4.39 Å². The van der Waals surface area contributed by atoms with Crippen molar-refractivity contribution in [3.63, 3.8) is 0 Å². The first-order chi connectivity index (χ1) is 5.52. The highest BCUT2D eigenvalue weighted by Gasteiger charge is 2.08. The molecule has 0 spiro atoms. The highest BCUT2D eigenvalue weighted by atomic mass is 19.1. The van der Waals surface area contributed by atoms with Crippen LogP contribution in [0.1, 0.15) is 28.4 Å². The molecule has 0 bridgehead atoms. The van der Waals surface area contributed by atoms with Crippen molar-refractivity contribution in [2.75, 3.05) is 0 Å². The van der Waals surface area contributed by atoms with Crippen molar-refractivity contribution in [2.24, 2.45) is 0 Å². The smallest absolute Gasteiger partial charge is 0.162 e. The van der Waals surface area contributed by atoms with Gasteiger partial charge in [-0.05, 0) is 44.0 Å². The maximum atomic E-state index is 13.1. The summed E-state index contributed by atoms with van der Waals surface area (Å²) < 4.78 is 13.1. The largest absolute Gasteiger partial charge is 0.294 e. The van der Waals surface area contributed by atoms with E-state index in [1.165, 1.54) is 13.0 Å². The van der Waals surface area contributed by atoms with E-state index < -0.39 is 5.82 Å². The molecule has 0 aliphatic carbocycles.